The number of oxazole rings is 1. The third-order valence-electron chi connectivity index (χ3n) is 3.14. The Kier molecular flexibility index (Phi) is 3.25. The van der Waals surface area contributed by atoms with Crippen LogP contribution >= 0.6 is 28.1 Å². The first kappa shape index (κ1) is 13.5. The molecule has 1 aromatic carbocycles. The number of nitrogens with zero attached hydrogens (tertiary/aromatic N) is 2. The zero-order valence-corrected chi connectivity index (χ0v) is 13.2. The number of H-pyrrole nitrogens is 1. The summed E-state index contributed by atoms with van der Waals surface area (Å²) in [4.78, 5) is 7.27. The maximum Gasteiger partial charge on any atom is 0.217 e. The highest BCUT2D eigenvalue weighted by Gasteiger charge is 2.18. The van der Waals surface area contributed by atoms with Gasteiger partial charge >= 0.3 is 0 Å². The smallest absolute Gasteiger partial charge is 0.217 e. The highest BCUT2D eigenvalue weighted by atomic mass is 79.9. The van der Waals surface area contributed by atoms with Crippen molar-refractivity contribution in [1.82, 2.24) is 14.5 Å². The van der Waals surface area contributed by atoms with Crippen LogP contribution in [-0.4, -0.2) is 14.5 Å². The number of benzene rings is 1. The van der Waals surface area contributed by atoms with Gasteiger partial charge in [0.1, 0.15) is 17.6 Å². The Bertz CT molecular complexity index is 851. The lowest BCUT2D eigenvalue weighted by Crippen LogP contribution is -2.07. The van der Waals surface area contributed by atoms with Crippen LogP contribution in [0, 0.1) is 17.5 Å². The number of rotatable bonds is 2. The molecule has 0 aliphatic rings. The van der Waals surface area contributed by atoms with E-state index in [-0.39, 0.29) is 11.9 Å². The lowest BCUT2D eigenvalue weighted by molar-refractivity contribution is 0.417. The Morgan fingerprint density at radius 2 is 2.25 bits per heavy atom. The second kappa shape index (κ2) is 4.82. The summed E-state index contributed by atoms with van der Waals surface area (Å²) < 4.78 is 22.0. The number of imidazole rings is 1. The van der Waals surface area contributed by atoms with Crippen LogP contribution in [0.5, 0.6) is 0 Å². The van der Waals surface area contributed by atoms with Gasteiger partial charge in [0.2, 0.25) is 5.89 Å². The molecule has 0 aliphatic heterocycles. The van der Waals surface area contributed by atoms with Gasteiger partial charge in [-0.05, 0) is 48.1 Å². The summed E-state index contributed by atoms with van der Waals surface area (Å²) in [6, 6.07) is 2.90. The fourth-order valence-electron chi connectivity index (χ4n) is 2.18. The Balaban J connectivity index is 2.23. The molecule has 0 saturated carbocycles. The van der Waals surface area contributed by atoms with E-state index in [1.165, 1.54) is 6.07 Å². The average molecular weight is 356 g/mol. The van der Waals surface area contributed by atoms with Gasteiger partial charge in [-0.1, -0.05) is 0 Å². The largest absolute Gasteiger partial charge is 0.444 e. The number of aromatic nitrogens is 3. The van der Waals surface area contributed by atoms with Crippen LogP contribution in [0.1, 0.15) is 24.6 Å². The molecule has 2 heterocycles. The third-order valence-corrected chi connectivity index (χ3v) is 4.05. The van der Waals surface area contributed by atoms with Gasteiger partial charge < -0.3 is 14.0 Å². The van der Waals surface area contributed by atoms with E-state index in [1.54, 1.807) is 16.8 Å². The van der Waals surface area contributed by atoms with Gasteiger partial charge in [-0.15, -0.1) is 0 Å². The van der Waals surface area contributed by atoms with Crippen LogP contribution in [0.3, 0.4) is 0 Å². The van der Waals surface area contributed by atoms with E-state index in [0.717, 1.165) is 11.3 Å². The summed E-state index contributed by atoms with van der Waals surface area (Å²) in [5, 5.41) is 0. The zero-order valence-electron chi connectivity index (χ0n) is 10.8. The van der Waals surface area contributed by atoms with E-state index in [9.17, 15) is 4.39 Å². The topological polar surface area (TPSA) is 46.8 Å². The Hall–Kier alpha value is -1.47. The molecule has 0 aliphatic carbocycles. The maximum atomic E-state index is 13.8. The molecule has 1 atom stereocenters. The molecule has 3 rings (SSSR count). The minimum absolute atomic E-state index is 0.217. The maximum absolute atomic E-state index is 13.8. The molecule has 2 aromatic heterocycles. The zero-order chi connectivity index (χ0) is 14.4. The molecule has 4 nitrogen and oxygen atoms in total. The third kappa shape index (κ3) is 2.10. The first-order chi connectivity index (χ1) is 9.47. The summed E-state index contributed by atoms with van der Waals surface area (Å²) >= 11 is 8.49. The highest BCUT2D eigenvalue weighted by Crippen LogP contribution is 2.27. The van der Waals surface area contributed by atoms with Crippen LogP contribution in [-0.2, 0) is 0 Å². The van der Waals surface area contributed by atoms with Crippen LogP contribution in [0.4, 0.5) is 4.39 Å². The number of hydrogen-bond acceptors (Lipinski definition) is 3. The lowest BCUT2D eigenvalue weighted by atomic mass is 10.2. The van der Waals surface area contributed by atoms with Crippen molar-refractivity contribution >= 4 is 39.2 Å². The fourth-order valence-corrected chi connectivity index (χ4v) is 2.89. The SMILES string of the molecule is Cc1cnc(C(C)n2c(=S)[nH]c3cc(Br)c(F)cc32)o1. The minimum Gasteiger partial charge on any atom is -0.444 e. The van der Waals surface area contributed by atoms with Crippen LogP contribution < -0.4 is 0 Å². The second-order valence-electron chi connectivity index (χ2n) is 4.57. The van der Waals surface area contributed by atoms with Gasteiger partial charge in [-0.25, -0.2) is 9.37 Å². The normalized spacial score (nSPS) is 13.0. The molecule has 0 fully saturated rings. The van der Waals surface area contributed by atoms with Gasteiger partial charge in [-0.3, -0.25) is 0 Å². The fraction of sp³-hybridized carbons (Fsp3) is 0.231. The Morgan fingerprint density at radius 1 is 1.50 bits per heavy atom. The number of halogens is 2. The number of aromatic amines is 1. The predicted octanol–water partition coefficient (Wildman–Crippen LogP) is 4.51. The summed E-state index contributed by atoms with van der Waals surface area (Å²) in [5.74, 6) is 0.936. The van der Waals surface area contributed by atoms with E-state index in [1.807, 2.05) is 13.8 Å². The molecule has 0 radical (unpaired) electrons. The molecule has 20 heavy (non-hydrogen) atoms. The van der Waals surface area contributed by atoms with Crippen molar-refractivity contribution in [2.24, 2.45) is 0 Å². The van der Waals surface area contributed by atoms with Crippen molar-refractivity contribution in [3.63, 3.8) is 0 Å². The second-order valence-corrected chi connectivity index (χ2v) is 5.81. The quantitative estimate of drug-likeness (QED) is 0.688. The van der Waals surface area contributed by atoms with Crippen molar-refractivity contribution < 1.29 is 8.81 Å². The molecule has 3 aromatic rings. The first-order valence-electron chi connectivity index (χ1n) is 5.99. The summed E-state index contributed by atoms with van der Waals surface area (Å²) in [7, 11) is 0. The summed E-state index contributed by atoms with van der Waals surface area (Å²) in [5.41, 5.74) is 1.44. The molecule has 0 bridgehead atoms. The van der Waals surface area contributed by atoms with Crippen LogP contribution in [0.2, 0.25) is 0 Å². The molecular formula is C13H11BrFN3OS. The number of hydrogen-bond donors (Lipinski definition) is 1. The average Bonchev–Trinajstić information content (AvgIpc) is 2.93. The monoisotopic (exact) mass is 355 g/mol. The molecule has 0 saturated heterocycles. The van der Waals surface area contributed by atoms with Gasteiger partial charge in [0.15, 0.2) is 4.77 Å². The number of fused-ring (bicyclic) bond motifs is 1. The standard InChI is InChI=1S/C13H11BrFN3OS/c1-6-5-16-12(19-6)7(2)18-11-4-9(15)8(14)3-10(11)17-13(18)20/h3-5,7H,1-2H3,(H,17,20). The number of nitrogens with one attached hydrogen (secondary N) is 1. The summed E-state index contributed by atoms with van der Waals surface area (Å²) in [6.45, 7) is 3.74. The molecule has 0 spiro atoms. The molecular weight excluding hydrogens is 345 g/mol. The molecule has 104 valence electrons. The Labute approximate surface area is 127 Å². The summed E-state index contributed by atoms with van der Waals surface area (Å²) in [6.07, 6.45) is 1.65. The van der Waals surface area contributed by atoms with Gasteiger partial charge in [0.25, 0.3) is 0 Å². The molecule has 0 amide bonds. The first-order valence-corrected chi connectivity index (χ1v) is 7.19. The Morgan fingerprint density at radius 3 is 2.90 bits per heavy atom. The van der Waals surface area contributed by atoms with E-state index >= 15 is 0 Å². The lowest BCUT2D eigenvalue weighted by Gasteiger charge is -2.11. The minimum atomic E-state index is -0.337. The molecule has 7 heteroatoms. The van der Waals surface area contributed by atoms with Gasteiger partial charge in [0, 0.05) is 6.07 Å². The number of aryl methyl sites for hydroxylation is 1. The predicted molar refractivity (Wildman–Crippen MR) is 79.8 cm³/mol. The van der Waals surface area contributed by atoms with Crippen molar-refractivity contribution in [2.75, 3.05) is 0 Å². The van der Waals surface area contributed by atoms with Crippen molar-refractivity contribution in [3.8, 4) is 0 Å². The van der Waals surface area contributed by atoms with Gasteiger partial charge in [0.05, 0.1) is 21.7 Å². The van der Waals surface area contributed by atoms with Gasteiger partial charge in [-0.2, -0.15) is 0 Å². The van der Waals surface area contributed by atoms with E-state index in [2.05, 4.69) is 25.9 Å². The van der Waals surface area contributed by atoms with Crippen LogP contribution in [0.25, 0.3) is 11.0 Å². The van der Waals surface area contributed by atoms with Crippen LogP contribution in [0.15, 0.2) is 27.2 Å². The van der Waals surface area contributed by atoms with Crippen molar-refractivity contribution in [1.29, 1.82) is 0 Å². The molecule has 1 unspecified atom stereocenters. The van der Waals surface area contributed by atoms with E-state index in [4.69, 9.17) is 16.6 Å². The highest BCUT2D eigenvalue weighted by molar-refractivity contribution is 9.10. The van der Waals surface area contributed by atoms with E-state index in [0.29, 0.717) is 20.7 Å². The van der Waals surface area contributed by atoms with Crippen molar-refractivity contribution in [2.45, 2.75) is 19.9 Å². The van der Waals surface area contributed by atoms with E-state index < -0.39 is 0 Å². The van der Waals surface area contributed by atoms with Crippen molar-refractivity contribution in [3.05, 3.63) is 45.0 Å². The molecule has 1 N–H and O–H groups in total.